The summed E-state index contributed by atoms with van der Waals surface area (Å²) in [6, 6.07) is 6.60. The topological polar surface area (TPSA) is 38.9 Å². The number of aryl methyl sites for hydroxylation is 2. The first kappa shape index (κ1) is 10.6. The van der Waals surface area contributed by atoms with E-state index in [1.165, 1.54) is 6.07 Å². The van der Waals surface area contributed by atoms with Gasteiger partial charge in [0, 0.05) is 28.7 Å². The van der Waals surface area contributed by atoms with Gasteiger partial charge in [-0.2, -0.15) is 0 Å². The standard InChI is InChI=1S/C13H13FN2/c1-8-5-6-16-9(2)13(8)11-4-3-10(15)7-12(11)14/h3-7H,15H2,1-2H3. The van der Waals surface area contributed by atoms with Crippen LogP contribution in [0.3, 0.4) is 0 Å². The number of hydrogen-bond donors (Lipinski definition) is 1. The average molecular weight is 216 g/mol. The lowest BCUT2D eigenvalue weighted by Gasteiger charge is -2.10. The molecule has 0 aliphatic rings. The van der Waals surface area contributed by atoms with E-state index in [0.717, 1.165) is 16.8 Å². The van der Waals surface area contributed by atoms with Crippen molar-refractivity contribution in [1.82, 2.24) is 4.98 Å². The predicted octanol–water partition coefficient (Wildman–Crippen LogP) is 3.09. The smallest absolute Gasteiger partial charge is 0.133 e. The normalized spacial score (nSPS) is 10.4. The quantitative estimate of drug-likeness (QED) is 0.744. The third-order valence-corrected chi connectivity index (χ3v) is 2.61. The SMILES string of the molecule is Cc1ccnc(C)c1-c1ccc(N)cc1F. The third kappa shape index (κ3) is 1.76. The highest BCUT2D eigenvalue weighted by Crippen LogP contribution is 2.29. The maximum atomic E-state index is 13.8. The molecule has 0 aliphatic carbocycles. The van der Waals surface area contributed by atoms with E-state index in [2.05, 4.69) is 4.98 Å². The first-order valence-electron chi connectivity index (χ1n) is 5.07. The Balaban J connectivity index is 2.68. The lowest BCUT2D eigenvalue weighted by Crippen LogP contribution is -1.95. The number of nitrogen functional groups attached to an aromatic ring is 1. The molecular weight excluding hydrogens is 203 g/mol. The number of benzene rings is 1. The van der Waals surface area contributed by atoms with E-state index in [0.29, 0.717) is 11.3 Å². The highest BCUT2D eigenvalue weighted by Gasteiger charge is 2.10. The van der Waals surface area contributed by atoms with E-state index < -0.39 is 0 Å². The molecule has 0 fully saturated rings. The molecule has 0 saturated heterocycles. The molecular formula is C13H13FN2. The van der Waals surface area contributed by atoms with Gasteiger partial charge in [0.15, 0.2) is 0 Å². The number of halogens is 1. The minimum Gasteiger partial charge on any atom is -0.399 e. The monoisotopic (exact) mass is 216 g/mol. The van der Waals surface area contributed by atoms with Crippen LogP contribution in [0.25, 0.3) is 11.1 Å². The van der Waals surface area contributed by atoms with E-state index in [-0.39, 0.29) is 5.82 Å². The van der Waals surface area contributed by atoms with Crippen LogP contribution in [0.4, 0.5) is 10.1 Å². The number of nitrogens with two attached hydrogens (primary N) is 1. The lowest BCUT2D eigenvalue weighted by atomic mass is 9.99. The van der Waals surface area contributed by atoms with Crippen molar-refractivity contribution in [3.8, 4) is 11.1 Å². The molecule has 0 unspecified atom stereocenters. The molecule has 1 aromatic carbocycles. The Kier molecular flexibility index (Phi) is 2.60. The van der Waals surface area contributed by atoms with Crippen molar-refractivity contribution in [2.45, 2.75) is 13.8 Å². The minimum atomic E-state index is -0.306. The molecule has 0 amide bonds. The molecule has 2 rings (SSSR count). The number of hydrogen-bond acceptors (Lipinski definition) is 2. The molecule has 0 aliphatic heterocycles. The molecule has 0 atom stereocenters. The minimum absolute atomic E-state index is 0.306. The van der Waals surface area contributed by atoms with Crippen molar-refractivity contribution in [3.63, 3.8) is 0 Å². The molecule has 0 spiro atoms. The molecule has 0 bridgehead atoms. The van der Waals surface area contributed by atoms with Crippen LogP contribution in [0.15, 0.2) is 30.5 Å². The zero-order chi connectivity index (χ0) is 11.7. The second kappa shape index (κ2) is 3.93. The number of nitrogens with zero attached hydrogens (tertiary/aromatic N) is 1. The first-order valence-corrected chi connectivity index (χ1v) is 5.07. The van der Waals surface area contributed by atoms with Crippen LogP contribution in [-0.4, -0.2) is 4.98 Å². The molecule has 82 valence electrons. The maximum absolute atomic E-state index is 13.8. The van der Waals surface area contributed by atoms with Crippen LogP contribution in [0.2, 0.25) is 0 Å². The summed E-state index contributed by atoms with van der Waals surface area (Å²) in [5.74, 6) is -0.306. The van der Waals surface area contributed by atoms with Crippen LogP contribution in [0.1, 0.15) is 11.3 Å². The van der Waals surface area contributed by atoms with Gasteiger partial charge in [-0.05, 0) is 43.7 Å². The highest BCUT2D eigenvalue weighted by atomic mass is 19.1. The van der Waals surface area contributed by atoms with Gasteiger partial charge in [0.2, 0.25) is 0 Å². The van der Waals surface area contributed by atoms with Crippen LogP contribution in [-0.2, 0) is 0 Å². The van der Waals surface area contributed by atoms with E-state index in [4.69, 9.17) is 5.73 Å². The fourth-order valence-corrected chi connectivity index (χ4v) is 1.84. The van der Waals surface area contributed by atoms with Gasteiger partial charge in [-0.15, -0.1) is 0 Å². The van der Waals surface area contributed by atoms with Crippen LogP contribution < -0.4 is 5.73 Å². The molecule has 16 heavy (non-hydrogen) atoms. The molecule has 0 saturated carbocycles. The van der Waals surface area contributed by atoms with Crippen LogP contribution in [0.5, 0.6) is 0 Å². The maximum Gasteiger partial charge on any atom is 0.133 e. The highest BCUT2D eigenvalue weighted by molar-refractivity contribution is 5.71. The first-order chi connectivity index (χ1) is 7.59. The summed E-state index contributed by atoms with van der Waals surface area (Å²) in [6.45, 7) is 3.82. The van der Waals surface area contributed by atoms with Gasteiger partial charge in [-0.3, -0.25) is 4.98 Å². The van der Waals surface area contributed by atoms with Crippen LogP contribution >= 0.6 is 0 Å². The number of anilines is 1. The largest absolute Gasteiger partial charge is 0.399 e. The van der Waals surface area contributed by atoms with Crippen molar-refractivity contribution < 1.29 is 4.39 Å². The number of aromatic nitrogens is 1. The van der Waals surface area contributed by atoms with Gasteiger partial charge in [0.25, 0.3) is 0 Å². The van der Waals surface area contributed by atoms with E-state index in [1.54, 1.807) is 18.3 Å². The van der Waals surface area contributed by atoms with E-state index in [9.17, 15) is 4.39 Å². The van der Waals surface area contributed by atoms with Gasteiger partial charge in [0.05, 0.1) is 0 Å². The molecule has 2 nitrogen and oxygen atoms in total. The second-order valence-corrected chi connectivity index (χ2v) is 3.83. The summed E-state index contributed by atoms with van der Waals surface area (Å²) in [6.07, 6.45) is 1.73. The fourth-order valence-electron chi connectivity index (χ4n) is 1.84. The van der Waals surface area contributed by atoms with Gasteiger partial charge < -0.3 is 5.73 Å². The summed E-state index contributed by atoms with van der Waals surface area (Å²) >= 11 is 0. The second-order valence-electron chi connectivity index (χ2n) is 3.83. The third-order valence-electron chi connectivity index (χ3n) is 2.61. The molecule has 1 aromatic heterocycles. The Morgan fingerprint density at radius 3 is 2.56 bits per heavy atom. The summed E-state index contributed by atoms with van der Waals surface area (Å²) in [5.41, 5.74) is 9.19. The van der Waals surface area contributed by atoms with Crippen molar-refractivity contribution in [2.75, 3.05) is 5.73 Å². The Hall–Kier alpha value is -1.90. The van der Waals surface area contributed by atoms with Gasteiger partial charge in [-0.1, -0.05) is 0 Å². The van der Waals surface area contributed by atoms with E-state index >= 15 is 0 Å². The molecule has 2 N–H and O–H groups in total. The number of pyridine rings is 1. The fraction of sp³-hybridized carbons (Fsp3) is 0.154. The zero-order valence-electron chi connectivity index (χ0n) is 9.29. The molecule has 2 aromatic rings. The number of rotatable bonds is 1. The molecule has 0 radical (unpaired) electrons. The molecule has 3 heteroatoms. The van der Waals surface area contributed by atoms with Crippen molar-refractivity contribution in [3.05, 3.63) is 47.5 Å². The molecule has 1 heterocycles. The Morgan fingerprint density at radius 2 is 1.94 bits per heavy atom. The van der Waals surface area contributed by atoms with Crippen molar-refractivity contribution >= 4 is 5.69 Å². The summed E-state index contributed by atoms with van der Waals surface area (Å²) in [7, 11) is 0. The summed E-state index contributed by atoms with van der Waals surface area (Å²) in [4.78, 5) is 4.18. The van der Waals surface area contributed by atoms with Gasteiger partial charge in [-0.25, -0.2) is 4.39 Å². The Morgan fingerprint density at radius 1 is 1.19 bits per heavy atom. The Bertz CT molecular complexity index is 515. The van der Waals surface area contributed by atoms with Gasteiger partial charge >= 0.3 is 0 Å². The van der Waals surface area contributed by atoms with Crippen LogP contribution in [0, 0.1) is 19.7 Å². The zero-order valence-corrected chi connectivity index (χ0v) is 9.29. The Labute approximate surface area is 93.9 Å². The summed E-state index contributed by atoms with van der Waals surface area (Å²) in [5, 5.41) is 0. The average Bonchev–Trinajstić information content (AvgIpc) is 2.20. The predicted molar refractivity (Wildman–Crippen MR) is 63.5 cm³/mol. The van der Waals surface area contributed by atoms with Crippen molar-refractivity contribution in [1.29, 1.82) is 0 Å². The van der Waals surface area contributed by atoms with Crippen molar-refractivity contribution in [2.24, 2.45) is 0 Å². The van der Waals surface area contributed by atoms with Gasteiger partial charge in [0.1, 0.15) is 5.82 Å². The summed E-state index contributed by atoms with van der Waals surface area (Å²) < 4.78 is 13.8. The van der Waals surface area contributed by atoms with E-state index in [1.807, 2.05) is 19.9 Å². The lowest BCUT2D eigenvalue weighted by molar-refractivity contribution is 0.631.